The van der Waals surface area contributed by atoms with Crippen LogP contribution in [0, 0.1) is 0 Å². The fourth-order valence-electron chi connectivity index (χ4n) is 3.32. The van der Waals surface area contributed by atoms with Gasteiger partial charge in [-0.25, -0.2) is 4.98 Å². The molecule has 4 aromatic rings. The molecule has 5 nitrogen and oxygen atoms in total. The number of nitrogens with zero attached hydrogens (tertiary/aromatic N) is 2. The van der Waals surface area contributed by atoms with Gasteiger partial charge in [-0.2, -0.15) is 0 Å². The van der Waals surface area contributed by atoms with Gasteiger partial charge in [0.1, 0.15) is 0 Å². The molecule has 1 aromatic heterocycles. The fraction of sp³-hybridized carbons (Fsp3) is 0.136. The van der Waals surface area contributed by atoms with Gasteiger partial charge in [-0.05, 0) is 68.2 Å². The number of benzene rings is 3. The Labute approximate surface area is 158 Å². The summed E-state index contributed by atoms with van der Waals surface area (Å²) in [7, 11) is 4.14. The minimum Gasteiger partial charge on any atom is -0.399 e. The number of pyridine rings is 1. The maximum atomic E-state index is 5.97. The van der Waals surface area contributed by atoms with Crippen LogP contribution in [0.5, 0.6) is 0 Å². The highest BCUT2D eigenvalue weighted by atomic mass is 15.0. The monoisotopic (exact) mass is 357 g/mol. The Morgan fingerprint density at radius 3 is 1.89 bits per heavy atom. The maximum absolute atomic E-state index is 5.97. The van der Waals surface area contributed by atoms with Crippen molar-refractivity contribution in [3.05, 3.63) is 66.2 Å². The quantitative estimate of drug-likeness (QED) is 0.373. The molecule has 0 fully saturated rings. The SMILES string of the molecule is CN(C)Cc1ccc(Nc2c3ccc(N)cc3nc3cc(N)ccc23)cc1. The van der Waals surface area contributed by atoms with E-state index in [1.54, 1.807) is 0 Å². The summed E-state index contributed by atoms with van der Waals surface area (Å²) < 4.78 is 0. The van der Waals surface area contributed by atoms with Crippen molar-refractivity contribution in [2.45, 2.75) is 6.54 Å². The number of fused-ring (bicyclic) bond motifs is 2. The first-order valence-electron chi connectivity index (χ1n) is 8.89. The summed E-state index contributed by atoms with van der Waals surface area (Å²) >= 11 is 0. The average Bonchev–Trinajstić information content (AvgIpc) is 2.62. The van der Waals surface area contributed by atoms with Crippen LogP contribution in [-0.4, -0.2) is 24.0 Å². The molecule has 0 radical (unpaired) electrons. The lowest BCUT2D eigenvalue weighted by molar-refractivity contribution is 0.402. The van der Waals surface area contributed by atoms with Crippen LogP contribution in [0.25, 0.3) is 21.8 Å². The Balaban J connectivity index is 1.83. The van der Waals surface area contributed by atoms with Crippen molar-refractivity contribution in [2.24, 2.45) is 0 Å². The molecule has 0 amide bonds. The van der Waals surface area contributed by atoms with Crippen LogP contribution < -0.4 is 16.8 Å². The second kappa shape index (κ2) is 6.78. The third-order valence-corrected chi connectivity index (χ3v) is 4.55. The Morgan fingerprint density at radius 2 is 1.37 bits per heavy atom. The van der Waals surface area contributed by atoms with E-state index in [1.807, 2.05) is 36.4 Å². The summed E-state index contributed by atoms with van der Waals surface area (Å²) in [4.78, 5) is 6.90. The van der Waals surface area contributed by atoms with Crippen molar-refractivity contribution < 1.29 is 0 Å². The highest BCUT2D eigenvalue weighted by molar-refractivity contribution is 6.09. The molecule has 5 heteroatoms. The molecule has 1 heterocycles. The molecule has 27 heavy (non-hydrogen) atoms. The number of anilines is 4. The molecule has 136 valence electrons. The van der Waals surface area contributed by atoms with Crippen molar-refractivity contribution in [3.8, 4) is 0 Å². The molecule has 5 N–H and O–H groups in total. The summed E-state index contributed by atoms with van der Waals surface area (Å²) in [6.45, 7) is 0.917. The number of rotatable bonds is 4. The Bertz CT molecular complexity index is 1060. The standard InChI is InChI=1S/C22H23N5/c1-27(2)13-14-3-7-17(8-4-14)25-22-18-9-5-15(23)11-20(18)26-21-12-16(24)6-10-19(21)22/h3-12H,13,23-24H2,1-2H3,(H,25,26). The van der Waals surface area contributed by atoms with E-state index in [9.17, 15) is 0 Å². The molecule has 0 saturated heterocycles. The second-order valence-corrected chi connectivity index (χ2v) is 7.10. The van der Waals surface area contributed by atoms with Crippen LogP contribution in [0.2, 0.25) is 0 Å². The lowest BCUT2D eigenvalue weighted by Gasteiger charge is -2.15. The van der Waals surface area contributed by atoms with E-state index in [4.69, 9.17) is 16.5 Å². The number of hydrogen-bond acceptors (Lipinski definition) is 5. The first-order valence-corrected chi connectivity index (χ1v) is 8.89. The van der Waals surface area contributed by atoms with Gasteiger partial charge >= 0.3 is 0 Å². The second-order valence-electron chi connectivity index (χ2n) is 7.10. The van der Waals surface area contributed by atoms with Crippen LogP contribution >= 0.6 is 0 Å². The van der Waals surface area contributed by atoms with Crippen molar-refractivity contribution >= 4 is 44.6 Å². The maximum Gasteiger partial charge on any atom is 0.0751 e. The average molecular weight is 357 g/mol. The van der Waals surface area contributed by atoms with Crippen LogP contribution in [0.1, 0.15) is 5.56 Å². The van der Waals surface area contributed by atoms with Crippen molar-refractivity contribution in [1.82, 2.24) is 9.88 Å². The summed E-state index contributed by atoms with van der Waals surface area (Å²) in [5.74, 6) is 0. The van der Waals surface area contributed by atoms with Crippen molar-refractivity contribution in [1.29, 1.82) is 0 Å². The van der Waals surface area contributed by atoms with Crippen LogP contribution in [-0.2, 0) is 6.54 Å². The predicted molar refractivity (Wildman–Crippen MR) is 115 cm³/mol. The van der Waals surface area contributed by atoms with Gasteiger partial charge in [-0.15, -0.1) is 0 Å². The van der Waals surface area contributed by atoms with Gasteiger partial charge in [0.2, 0.25) is 0 Å². The third-order valence-electron chi connectivity index (χ3n) is 4.55. The van der Waals surface area contributed by atoms with E-state index in [0.717, 1.165) is 39.7 Å². The lowest BCUT2D eigenvalue weighted by atomic mass is 10.1. The number of aromatic nitrogens is 1. The van der Waals surface area contributed by atoms with E-state index in [2.05, 4.69) is 48.6 Å². The fourth-order valence-corrected chi connectivity index (χ4v) is 3.32. The molecule has 4 rings (SSSR count). The number of nitrogen functional groups attached to an aromatic ring is 2. The topological polar surface area (TPSA) is 80.2 Å². The third kappa shape index (κ3) is 3.50. The number of nitrogens with two attached hydrogens (primary N) is 2. The lowest BCUT2D eigenvalue weighted by Crippen LogP contribution is -2.10. The normalized spacial score (nSPS) is 11.4. The minimum absolute atomic E-state index is 0.692. The van der Waals surface area contributed by atoms with Gasteiger partial charge in [0, 0.05) is 34.4 Å². The Morgan fingerprint density at radius 1 is 0.815 bits per heavy atom. The van der Waals surface area contributed by atoms with E-state index in [0.29, 0.717) is 11.4 Å². The zero-order chi connectivity index (χ0) is 19.0. The van der Waals surface area contributed by atoms with E-state index in [-0.39, 0.29) is 0 Å². The number of nitrogens with one attached hydrogen (secondary N) is 1. The molecular formula is C22H23N5. The van der Waals surface area contributed by atoms with E-state index in [1.165, 1.54) is 5.56 Å². The molecular weight excluding hydrogens is 334 g/mol. The zero-order valence-electron chi connectivity index (χ0n) is 15.5. The highest BCUT2D eigenvalue weighted by Crippen LogP contribution is 2.34. The molecule has 0 bridgehead atoms. The highest BCUT2D eigenvalue weighted by Gasteiger charge is 2.10. The van der Waals surface area contributed by atoms with Crippen molar-refractivity contribution in [2.75, 3.05) is 30.9 Å². The molecule has 0 aliphatic heterocycles. The summed E-state index contributed by atoms with van der Waals surface area (Å²) in [6.07, 6.45) is 0. The van der Waals surface area contributed by atoms with Gasteiger partial charge in [-0.3, -0.25) is 0 Å². The summed E-state index contributed by atoms with van der Waals surface area (Å²) in [6, 6.07) is 20.1. The van der Waals surface area contributed by atoms with Gasteiger partial charge < -0.3 is 21.7 Å². The van der Waals surface area contributed by atoms with Crippen LogP contribution in [0.4, 0.5) is 22.7 Å². The van der Waals surface area contributed by atoms with Crippen LogP contribution in [0.15, 0.2) is 60.7 Å². The van der Waals surface area contributed by atoms with Gasteiger partial charge in [0.25, 0.3) is 0 Å². The molecule has 0 aliphatic rings. The zero-order valence-corrected chi connectivity index (χ0v) is 15.5. The predicted octanol–water partition coefficient (Wildman–Crippen LogP) is 4.36. The van der Waals surface area contributed by atoms with E-state index < -0.39 is 0 Å². The first-order chi connectivity index (χ1) is 13.0. The molecule has 0 saturated carbocycles. The molecule has 0 aliphatic carbocycles. The molecule has 3 aromatic carbocycles. The van der Waals surface area contributed by atoms with E-state index >= 15 is 0 Å². The van der Waals surface area contributed by atoms with Crippen LogP contribution in [0.3, 0.4) is 0 Å². The minimum atomic E-state index is 0.692. The summed E-state index contributed by atoms with van der Waals surface area (Å²) in [5, 5.41) is 5.63. The van der Waals surface area contributed by atoms with Gasteiger partial charge in [0.15, 0.2) is 0 Å². The van der Waals surface area contributed by atoms with Gasteiger partial charge in [-0.1, -0.05) is 12.1 Å². The molecule has 0 unspecified atom stereocenters. The summed E-state index contributed by atoms with van der Waals surface area (Å²) in [5.41, 5.74) is 18.3. The molecule has 0 atom stereocenters. The smallest absolute Gasteiger partial charge is 0.0751 e. The largest absolute Gasteiger partial charge is 0.399 e. The molecule has 0 spiro atoms. The number of hydrogen-bond donors (Lipinski definition) is 3. The first kappa shape index (κ1) is 17.1. The van der Waals surface area contributed by atoms with Crippen molar-refractivity contribution in [3.63, 3.8) is 0 Å². The van der Waals surface area contributed by atoms with Gasteiger partial charge in [0.05, 0.1) is 16.7 Å². The Kier molecular flexibility index (Phi) is 4.30. The Hall–Kier alpha value is -3.31.